The van der Waals surface area contributed by atoms with Gasteiger partial charge in [0.15, 0.2) is 12.4 Å². The second-order valence-electron chi connectivity index (χ2n) is 7.52. The summed E-state index contributed by atoms with van der Waals surface area (Å²) in [6.45, 7) is 3.24. The van der Waals surface area contributed by atoms with Gasteiger partial charge in [-0.25, -0.2) is 13.8 Å². The van der Waals surface area contributed by atoms with Gasteiger partial charge in [0.1, 0.15) is 24.9 Å². The van der Waals surface area contributed by atoms with Gasteiger partial charge in [0.05, 0.1) is 17.7 Å². The second-order valence-corrected chi connectivity index (χ2v) is 8.86. The monoisotopic (exact) mass is 489 g/mol. The molecule has 5 atom stereocenters. The van der Waals surface area contributed by atoms with Crippen LogP contribution in [0.25, 0.3) is 0 Å². The van der Waals surface area contributed by atoms with Gasteiger partial charge in [-0.05, 0) is 24.3 Å². The molecular formula is C23H23NO9S. The van der Waals surface area contributed by atoms with Crippen LogP contribution in [0.15, 0.2) is 73.3 Å². The van der Waals surface area contributed by atoms with Crippen LogP contribution in [-0.4, -0.2) is 64.2 Å². The SMILES string of the molecule is C=CCO[C@@H]1O[C@H](COC(=O)c2ccccc2)[C@H]2OS(=O)(=O)N[C@@H]1[C@H]2OC(=O)c1ccccc1. The maximum absolute atomic E-state index is 12.7. The van der Waals surface area contributed by atoms with E-state index < -0.39 is 52.9 Å². The van der Waals surface area contributed by atoms with Gasteiger partial charge in [-0.15, -0.1) is 6.58 Å². The molecule has 0 radical (unpaired) electrons. The smallest absolute Gasteiger partial charge is 0.338 e. The van der Waals surface area contributed by atoms with Crippen LogP contribution in [0.4, 0.5) is 0 Å². The lowest BCUT2D eigenvalue weighted by Crippen LogP contribution is -2.70. The summed E-state index contributed by atoms with van der Waals surface area (Å²) in [6.07, 6.45) is -3.22. The van der Waals surface area contributed by atoms with Crippen LogP contribution in [0.1, 0.15) is 20.7 Å². The highest BCUT2D eigenvalue weighted by Crippen LogP contribution is 2.32. The van der Waals surface area contributed by atoms with Gasteiger partial charge >= 0.3 is 22.2 Å². The Kier molecular flexibility index (Phi) is 7.39. The van der Waals surface area contributed by atoms with Crippen molar-refractivity contribution in [2.75, 3.05) is 13.2 Å². The van der Waals surface area contributed by atoms with E-state index in [0.717, 1.165) is 0 Å². The molecule has 0 spiro atoms. The average molecular weight is 490 g/mol. The van der Waals surface area contributed by atoms with Gasteiger partial charge in [0.2, 0.25) is 0 Å². The Morgan fingerprint density at radius 2 is 1.62 bits per heavy atom. The highest BCUT2D eigenvalue weighted by Gasteiger charge is 2.56. The first-order valence-corrected chi connectivity index (χ1v) is 11.9. The fourth-order valence-electron chi connectivity index (χ4n) is 3.65. The third-order valence-electron chi connectivity index (χ3n) is 5.18. The van der Waals surface area contributed by atoms with Crippen molar-refractivity contribution >= 4 is 22.2 Å². The zero-order valence-electron chi connectivity index (χ0n) is 17.9. The minimum absolute atomic E-state index is 0.0320. The Labute approximate surface area is 196 Å². The van der Waals surface area contributed by atoms with E-state index in [2.05, 4.69) is 11.3 Å². The molecule has 11 heteroatoms. The van der Waals surface area contributed by atoms with Crippen LogP contribution < -0.4 is 4.72 Å². The standard InChI is InChI=1S/C23H23NO9S/c1-2-13-29-23-18-20(32-22(26)16-11-7-4-8-12-16)19(33-34(27,28)24-18)17(31-23)14-30-21(25)15-9-5-3-6-10-15/h2-12,17-20,23-24H,1,13-14H2/t17-,18-,19-,20-,23-/m1/s1. The first kappa shape index (κ1) is 24.0. The summed E-state index contributed by atoms with van der Waals surface area (Å²) < 4.78 is 54.7. The van der Waals surface area contributed by atoms with Crippen LogP contribution >= 0.6 is 0 Å². The average Bonchev–Trinajstić information content (AvgIpc) is 2.84. The lowest BCUT2D eigenvalue weighted by molar-refractivity contribution is -0.266. The van der Waals surface area contributed by atoms with Crippen molar-refractivity contribution in [1.82, 2.24) is 4.72 Å². The molecule has 10 nitrogen and oxygen atoms in total. The van der Waals surface area contributed by atoms with Crippen LogP contribution in [0.5, 0.6) is 0 Å². The van der Waals surface area contributed by atoms with Gasteiger partial charge in [-0.3, -0.25) is 0 Å². The summed E-state index contributed by atoms with van der Waals surface area (Å²) in [5, 5.41) is 0. The van der Waals surface area contributed by atoms with Crippen LogP contribution in [0.3, 0.4) is 0 Å². The van der Waals surface area contributed by atoms with Crippen LogP contribution in [-0.2, 0) is 33.4 Å². The molecule has 0 amide bonds. The molecule has 0 unspecified atom stereocenters. The molecule has 2 aromatic rings. The molecule has 34 heavy (non-hydrogen) atoms. The Hall–Kier alpha value is -3.09. The molecule has 1 N–H and O–H groups in total. The first-order valence-electron chi connectivity index (χ1n) is 10.4. The number of ether oxygens (including phenoxy) is 4. The van der Waals surface area contributed by atoms with Crippen molar-refractivity contribution in [3.63, 3.8) is 0 Å². The Morgan fingerprint density at radius 3 is 2.24 bits per heavy atom. The molecule has 0 aromatic heterocycles. The highest BCUT2D eigenvalue weighted by atomic mass is 32.2. The molecule has 2 aromatic carbocycles. The summed E-state index contributed by atoms with van der Waals surface area (Å²) in [6, 6.07) is 15.4. The molecule has 180 valence electrons. The minimum Gasteiger partial charge on any atom is -0.459 e. The largest absolute Gasteiger partial charge is 0.459 e. The number of carbonyl (C=O) groups excluding carboxylic acids is 2. The predicted octanol–water partition coefficient (Wildman–Crippen LogP) is 1.60. The highest BCUT2D eigenvalue weighted by molar-refractivity contribution is 7.84. The number of hydrogen-bond acceptors (Lipinski definition) is 9. The normalized spacial score (nSPS) is 27.4. The molecule has 2 saturated heterocycles. The van der Waals surface area contributed by atoms with Crippen molar-refractivity contribution in [3.05, 3.63) is 84.4 Å². The number of esters is 2. The molecule has 4 rings (SSSR count). The van der Waals surface area contributed by atoms with Crippen LogP contribution in [0.2, 0.25) is 0 Å². The summed E-state index contributed by atoms with van der Waals surface area (Å²) in [7, 11) is -4.22. The zero-order valence-corrected chi connectivity index (χ0v) is 18.8. The number of hydrogen-bond donors (Lipinski definition) is 1. The van der Waals surface area contributed by atoms with Gasteiger partial charge in [0, 0.05) is 0 Å². The maximum atomic E-state index is 12.7. The van der Waals surface area contributed by atoms with E-state index in [1.807, 2.05) is 0 Å². The summed E-state index contributed by atoms with van der Waals surface area (Å²) >= 11 is 0. The van der Waals surface area contributed by atoms with E-state index in [0.29, 0.717) is 5.56 Å². The predicted molar refractivity (Wildman–Crippen MR) is 118 cm³/mol. The molecule has 0 saturated carbocycles. The third-order valence-corrected chi connectivity index (χ3v) is 6.22. The Morgan fingerprint density at radius 1 is 1.00 bits per heavy atom. The molecule has 0 aliphatic carbocycles. The molecule has 2 fully saturated rings. The van der Waals surface area contributed by atoms with Crippen molar-refractivity contribution < 1.29 is 41.1 Å². The lowest BCUT2D eigenvalue weighted by atomic mass is 9.97. The van der Waals surface area contributed by atoms with E-state index >= 15 is 0 Å². The molecule has 2 heterocycles. The Bertz CT molecular complexity index is 1120. The molecule has 2 aliphatic rings. The van der Waals surface area contributed by atoms with Gasteiger partial charge in [-0.1, -0.05) is 42.5 Å². The second kappa shape index (κ2) is 10.5. The third kappa shape index (κ3) is 5.51. The molecular weight excluding hydrogens is 466 g/mol. The van der Waals surface area contributed by atoms with Gasteiger partial charge in [-0.2, -0.15) is 13.1 Å². The van der Waals surface area contributed by atoms with Crippen molar-refractivity contribution in [1.29, 1.82) is 0 Å². The number of carbonyl (C=O) groups is 2. The van der Waals surface area contributed by atoms with Gasteiger partial charge < -0.3 is 18.9 Å². The van der Waals surface area contributed by atoms with E-state index in [-0.39, 0.29) is 18.8 Å². The number of benzene rings is 2. The summed E-state index contributed by atoms with van der Waals surface area (Å²) in [5.41, 5.74) is 0.576. The maximum Gasteiger partial charge on any atom is 0.338 e. The van der Waals surface area contributed by atoms with E-state index in [1.54, 1.807) is 60.7 Å². The van der Waals surface area contributed by atoms with E-state index in [1.165, 1.54) is 6.08 Å². The molecule has 2 bridgehead atoms. The van der Waals surface area contributed by atoms with Crippen molar-refractivity contribution in [2.45, 2.75) is 30.6 Å². The number of nitrogens with one attached hydrogen (secondary N) is 1. The topological polar surface area (TPSA) is 126 Å². The zero-order chi connectivity index (χ0) is 24.1. The van der Waals surface area contributed by atoms with Crippen molar-refractivity contribution in [3.8, 4) is 0 Å². The summed E-state index contributed by atoms with van der Waals surface area (Å²) in [4.78, 5) is 25.2. The fraction of sp³-hybridized carbons (Fsp3) is 0.304. The first-order chi connectivity index (χ1) is 16.4. The fourth-order valence-corrected chi connectivity index (χ4v) is 4.81. The summed E-state index contributed by atoms with van der Waals surface area (Å²) in [5.74, 6) is -1.32. The van der Waals surface area contributed by atoms with Gasteiger partial charge in [0.25, 0.3) is 0 Å². The minimum atomic E-state index is -4.22. The number of rotatable bonds is 8. The number of fused-ring (bicyclic) bond motifs is 2. The van der Waals surface area contributed by atoms with Crippen LogP contribution in [0, 0.1) is 0 Å². The van der Waals surface area contributed by atoms with Crippen molar-refractivity contribution in [2.24, 2.45) is 0 Å². The Balaban J connectivity index is 1.58. The van der Waals surface area contributed by atoms with E-state index in [9.17, 15) is 18.0 Å². The lowest BCUT2D eigenvalue weighted by Gasteiger charge is -2.47. The quantitative estimate of drug-likeness (QED) is 0.434. The van der Waals surface area contributed by atoms with E-state index in [4.69, 9.17) is 23.1 Å². The molecule has 2 aliphatic heterocycles.